The summed E-state index contributed by atoms with van der Waals surface area (Å²) in [7, 11) is 0. The van der Waals surface area contributed by atoms with Gasteiger partial charge in [0.1, 0.15) is 0 Å². The van der Waals surface area contributed by atoms with Crippen LogP contribution in [0.3, 0.4) is 0 Å². The topological polar surface area (TPSA) is 256 Å². The van der Waals surface area contributed by atoms with Gasteiger partial charge in [0.25, 0.3) is 0 Å². The van der Waals surface area contributed by atoms with Crippen LogP contribution in [-0.2, 0) is 122 Å². The van der Waals surface area contributed by atoms with E-state index in [9.17, 15) is 0 Å². The fourth-order valence-electron chi connectivity index (χ4n) is 0. The van der Waals surface area contributed by atoms with Crippen molar-refractivity contribution in [2.75, 3.05) is 0 Å². The Morgan fingerprint density at radius 1 is 0.294 bits per heavy atom. The summed E-state index contributed by atoms with van der Waals surface area (Å²) < 4.78 is 0. The van der Waals surface area contributed by atoms with Crippen LogP contribution in [0.5, 0.6) is 0 Å². The van der Waals surface area contributed by atoms with E-state index in [2.05, 4.69) is 0 Å². The average molecular weight is 846 g/mol. The van der Waals surface area contributed by atoms with Crippen molar-refractivity contribution >= 4 is 91.0 Å². The maximum absolute atomic E-state index is 0. The molecule has 0 aromatic carbocycles. The van der Waals surface area contributed by atoms with E-state index in [1.165, 1.54) is 0 Å². The van der Waals surface area contributed by atoms with Gasteiger partial charge in [-0.1, -0.05) is 0 Å². The van der Waals surface area contributed by atoms with E-state index in [-0.39, 0.29) is 284 Å². The Morgan fingerprint density at radius 2 is 0.294 bits per heavy atom. The van der Waals surface area contributed by atoms with E-state index in [0.717, 1.165) is 0 Å². The first kappa shape index (κ1) is 249. The third kappa shape index (κ3) is 200. The fourth-order valence-corrected chi connectivity index (χ4v) is 0. The van der Waals surface area contributed by atoms with Crippen LogP contribution >= 0.6 is 0 Å². The van der Waals surface area contributed by atoms with E-state index < -0.39 is 0 Å². The Kier molecular flexibility index (Phi) is 3210. The Labute approximate surface area is 276 Å². The Morgan fingerprint density at radius 3 is 0.294 bits per heavy atom. The van der Waals surface area contributed by atoms with Crippen LogP contribution in [0.4, 0.5) is 0 Å². The SMILES string of the molecule is [Co+2].[Co+2].[La+3].[La+3].[O-2].[O-2].[O-2].[O-2].[O-2].[O-2].[O-2].[O-2].[O-2].[Sr+2].[Sr+2].[Zn+2].[Zn+2]. The molecule has 9 nitrogen and oxygen atoms in total. The molecule has 0 saturated carbocycles. The number of rotatable bonds is 0. The summed E-state index contributed by atoms with van der Waals surface area (Å²) >= 11 is 0. The molecule has 0 aromatic heterocycles. The molecule has 0 atom stereocenters. The second-order valence-electron chi connectivity index (χ2n) is 0. The summed E-state index contributed by atoms with van der Waals surface area (Å²) in [5, 5.41) is 0. The molecule has 0 saturated heterocycles. The maximum atomic E-state index is 0. The van der Waals surface area contributed by atoms with Gasteiger partial charge in [0.15, 0.2) is 0 Å². The molecule has 2 radical (unpaired) electrons. The fraction of sp³-hybridized carbons (Fsp3) is 0. The molecule has 0 unspecified atom stereocenters. The summed E-state index contributed by atoms with van der Waals surface area (Å²) in [6.07, 6.45) is 0. The minimum absolute atomic E-state index is 0. The van der Waals surface area contributed by atoms with Gasteiger partial charge in [-0.15, -0.1) is 0 Å². The molecule has 0 rings (SSSR count). The minimum Gasteiger partial charge on any atom is -2.00 e. The largest absolute Gasteiger partial charge is 3.00 e. The molecular formula is Co2La2O9Sr2Zn2. The molecule has 0 aromatic rings. The first-order valence-electron chi connectivity index (χ1n) is 0. The molecule has 17 heavy (non-hydrogen) atoms. The first-order valence-corrected chi connectivity index (χ1v) is 0. The zero-order valence-electron chi connectivity index (χ0n) is 8.32. The normalized spacial score (nSPS) is 0. The van der Waals surface area contributed by atoms with Crippen molar-refractivity contribution in [1.82, 2.24) is 0 Å². The van der Waals surface area contributed by atoms with Crippen LogP contribution in [0.15, 0.2) is 0 Å². The third-order valence-corrected chi connectivity index (χ3v) is 0. The standard InChI is InChI=1S/2Co.2La.9O.2Sr.2Zn/q2*+2;2*+3;9*-2;4*+2. The zero-order chi connectivity index (χ0) is 0. The van der Waals surface area contributed by atoms with Crippen molar-refractivity contribution in [2.45, 2.75) is 0 Å². The molecule has 86 valence electrons. The predicted molar refractivity (Wildman–Crippen MR) is 17.7 cm³/mol. The van der Waals surface area contributed by atoms with Gasteiger partial charge < -0.3 is 49.3 Å². The molecular weight excluding hydrogens is 846 g/mol. The second-order valence-corrected chi connectivity index (χ2v) is 0. The van der Waals surface area contributed by atoms with Crippen LogP contribution in [-0.4, -0.2) is 91.0 Å². The quantitative estimate of drug-likeness (QED) is 0.244. The van der Waals surface area contributed by atoms with E-state index in [1.54, 1.807) is 0 Å². The average Bonchev–Trinajstić information content (AvgIpc) is 0. The Hall–Kier alpha value is 7.25. The van der Waals surface area contributed by atoms with Gasteiger partial charge in [-0.05, 0) is 0 Å². The molecule has 0 aliphatic rings. The van der Waals surface area contributed by atoms with Gasteiger partial charge in [-0.3, -0.25) is 0 Å². The van der Waals surface area contributed by atoms with E-state index in [4.69, 9.17) is 0 Å². The van der Waals surface area contributed by atoms with Crippen LogP contribution in [0.25, 0.3) is 0 Å². The Balaban J connectivity index is 0. The zero-order valence-corrected chi connectivity index (χ0v) is 30.5. The molecule has 0 heterocycles. The molecule has 0 aliphatic carbocycles. The van der Waals surface area contributed by atoms with Gasteiger partial charge in [-0.2, -0.15) is 0 Å². The van der Waals surface area contributed by atoms with E-state index >= 15 is 0 Å². The molecule has 0 bridgehead atoms. The summed E-state index contributed by atoms with van der Waals surface area (Å²) in [5.74, 6) is 0. The smallest absolute Gasteiger partial charge is 2.00 e. The van der Waals surface area contributed by atoms with E-state index in [1.807, 2.05) is 0 Å². The molecule has 0 fully saturated rings. The number of hydrogen-bond donors (Lipinski definition) is 0. The van der Waals surface area contributed by atoms with Crippen molar-refractivity contribution in [3.05, 3.63) is 0 Å². The van der Waals surface area contributed by atoms with Crippen LogP contribution < -0.4 is 0 Å². The number of hydrogen-bond acceptors (Lipinski definition) is 0. The van der Waals surface area contributed by atoms with Gasteiger partial charge in [0.05, 0.1) is 0 Å². The van der Waals surface area contributed by atoms with Crippen molar-refractivity contribution in [2.24, 2.45) is 0 Å². The van der Waals surface area contributed by atoms with Gasteiger partial charge in [0.2, 0.25) is 0 Å². The Bertz CT molecular complexity index is 33.0. The summed E-state index contributed by atoms with van der Waals surface area (Å²) in [5.41, 5.74) is 0. The molecule has 17 heteroatoms. The molecule has 0 aliphatic heterocycles. The minimum atomic E-state index is 0. The van der Waals surface area contributed by atoms with Gasteiger partial charge in [-0.25, -0.2) is 0 Å². The van der Waals surface area contributed by atoms with Gasteiger partial charge in [0, 0.05) is 0 Å². The third-order valence-electron chi connectivity index (χ3n) is 0. The summed E-state index contributed by atoms with van der Waals surface area (Å²) in [6.45, 7) is 0. The van der Waals surface area contributed by atoms with Crippen molar-refractivity contribution in [3.8, 4) is 0 Å². The molecule has 0 spiro atoms. The molecule has 0 amide bonds. The van der Waals surface area contributed by atoms with Crippen LogP contribution in [0, 0.1) is 71.2 Å². The second kappa shape index (κ2) is 219. The predicted octanol–water partition coefficient (Wildman–Crippen LogP) is -1.84. The van der Waals surface area contributed by atoms with Crippen LogP contribution in [0.1, 0.15) is 0 Å². The van der Waals surface area contributed by atoms with Crippen molar-refractivity contribution < 1.29 is 193 Å². The maximum Gasteiger partial charge on any atom is 3.00 e. The monoisotopic (exact) mass is 843 g/mol. The summed E-state index contributed by atoms with van der Waals surface area (Å²) in [6, 6.07) is 0. The first-order chi connectivity index (χ1) is 0. The van der Waals surface area contributed by atoms with Crippen LogP contribution in [0.2, 0.25) is 0 Å². The van der Waals surface area contributed by atoms with Crippen molar-refractivity contribution in [1.29, 1.82) is 0 Å². The molecule has 0 N–H and O–H groups in total. The summed E-state index contributed by atoms with van der Waals surface area (Å²) in [4.78, 5) is 0. The van der Waals surface area contributed by atoms with Crippen molar-refractivity contribution in [3.63, 3.8) is 0 Å². The van der Waals surface area contributed by atoms with Gasteiger partial charge >= 0.3 is 235 Å². The van der Waals surface area contributed by atoms with E-state index in [0.29, 0.717) is 0 Å².